The van der Waals surface area contributed by atoms with Crippen LogP contribution in [0, 0.1) is 0 Å². The predicted octanol–water partition coefficient (Wildman–Crippen LogP) is -2.25. The molecule has 6 N–H and O–H groups in total. The van der Waals surface area contributed by atoms with Crippen molar-refractivity contribution in [3.8, 4) is 0 Å². The first kappa shape index (κ1) is 10.7. The normalized spacial score (nSPS) is 26.3. The van der Waals surface area contributed by atoms with E-state index < -0.39 is 6.09 Å². The predicted molar refractivity (Wildman–Crippen MR) is 48.6 cm³/mol. The number of nitrogens with zero attached hydrogens (tertiary/aromatic N) is 1. The average Bonchev–Trinajstić information content (AvgIpc) is 2.43. The van der Waals surface area contributed by atoms with Gasteiger partial charge in [0.2, 0.25) is 5.91 Å². The van der Waals surface area contributed by atoms with Crippen molar-refractivity contribution in [1.82, 2.24) is 10.2 Å². The van der Waals surface area contributed by atoms with E-state index >= 15 is 0 Å². The van der Waals surface area contributed by atoms with Crippen LogP contribution in [-0.2, 0) is 4.79 Å². The summed E-state index contributed by atoms with van der Waals surface area (Å²) in [7, 11) is 0. The number of rotatable bonds is 2. The Bertz CT molecular complexity index is 235. The molecule has 1 fully saturated rings. The highest BCUT2D eigenvalue weighted by molar-refractivity contribution is 5.82. The van der Waals surface area contributed by atoms with E-state index in [1.807, 2.05) is 5.32 Å². The van der Waals surface area contributed by atoms with Gasteiger partial charge in [-0.25, -0.2) is 4.79 Å². The van der Waals surface area contributed by atoms with Crippen LogP contribution in [-0.4, -0.2) is 53.7 Å². The molecule has 1 saturated heterocycles. The van der Waals surface area contributed by atoms with Crippen molar-refractivity contribution in [1.29, 1.82) is 0 Å². The van der Waals surface area contributed by atoms with E-state index in [1.54, 1.807) is 0 Å². The molecule has 1 rings (SSSR count). The summed E-state index contributed by atoms with van der Waals surface area (Å²) >= 11 is 0. The number of hydrogen-bond acceptors (Lipinski definition) is 4. The van der Waals surface area contributed by atoms with E-state index in [0.717, 1.165) is 0 Å². The third-order valence-electron chi connectivity index (χ3n) is 2.16. The van der Waals surface area contributed by atoms with Crippen molar-refractivity contribution in [3.05, 3.63) is 0 Å². The highest BCUT2D eigenvalue weighted by atomic mass is 16.4. The van der Waals surface area contributed by atoms with Gasteiger partial charge in [0.25, 0.3) is 0 Å². The van der Waals surface area contributed by atoms with Crippen LogP contribution in [0.2, 0.25) is 0 Å². The Morgan fingerprint density at radius 2 is 1.86 bits per heavy atom. The molecular weight excluding hydrogens is 188 g/mol. The minimum Gasteiger partial charge on any atom is -0.465 e. The van der Waals surface area contributed by atoms with E-state index in [2.05, 4.69) is 0 Å². The summed E-state index contributed by atoms with van der Waals surface area (Å²) in [5.41, 5.74) is 11.2. The lowest BCUT2D eigenvalue weighted by atomic mass is 10.2. The summed E-state index contributed by atoms with van der Waals surface area (Å²) in [4.78, 5) is 22.9. The van der Waals surface area contributed by atoms with Gasteiger partial charge in [0.05, 0.1) is 0 Å². The van der Waals surface area contributed by atoms with Crippen LogP contribution in [0.1, 0.15) is 0 Å². The van der Waals surface area contributed by atoms with Gasteiger partial charge in [0, 0.05) is 25.2 Å². The fourth-order valence-electron chi connectivity index (χ4n) is 1.32. The van der Waals surface area contributed by atoms with Gasteiger partial charge in [-0.05, 0) is 0 Å². The molecule has 2 unspecified atom stereocenters. The van der Waals surface area contributed by atoms with Crippen molar-refractivity contribution < 1.29 is 14.7 Å². The minimum absolute atomic E-state index is 0.219. The molecule has 0 aromatic heterocycles. The lowest BCUT2D eigenvalue weighted by Crippen LogP contribution is -2.39. The number of nitrogens with one attached hydrogen (secondary N) is 1. The van der Waals surface area contributed by atoms with Gasteiger partial charge in [-0.2, -0.15) is 0 Å². The summed E-state index contributed by atoms with van der Waals surface area (Å²) in [6.07, 6.45) is -1.22. The molecule has 2 amide bonds. The molecule has 0 saturated carbocycles. The van der Waals surface area contributed by atoms with E-state index in [4.69, 9.17) is 16.6 Å². The Morgan fingerprint density at radius 3 is 2.29 bits per heavy atom. The molecule has 1 aliphatic heterocycles. The zero-order chi connectivity index (χ0) is 10.7. The van der Waals surface area contributed by atoms with Gasteiger partial charge in [-0.3, -0.25) is 4.79 Å². The Hall–Kier alpha value is -1.34. The van der Waals surface area contributed by atoms with Gasteiger partial charge in [-0.1, -0.05) is 0 Å². The first-order chi connectivity index (χ1) is 6.50. The van der Waals surface area contributed by atoms with Gasteiger partial charge < -0.3 is 26.8 Å². The van der Waals surface area contributed by atoms with Crippen molar-refractivity contribution in [3.63, 3.8) is 0 Å². The molecule has 1 heterocycles. The van der Waals surface area contributed by atoms with Crippen LogP contribution >= 0.6 is 0 Å². The summed E-state index contributed by atoms with van der Waals surface area (Å²) in [6.45, 7) is 0.553. The highest BCUT2D eigenvalue weighted by Gasteiger charge is 2.29. The lowest BCUT2D eigenvalue weighted by molar-refractivity contribution is -0.129. The molecule has 0 bridgehead atoms. The molecule has 14 heavy (non-hydrogen) atoms. The molecule has 7 nitrogen and oxygen atoms in total. The topological polar surface area (TPSA) is 122 Å². The number of carbonyl (C=O) groups is 2. The second-order valence-corrected chi connectivity index (χ2v) is 3.29. The van der Waals surface area contributed by atoms with E-state index in [1.165, 1.54) is 4.90 Å². The molecule has 1 aliphatic rings. The van der Waals surface area contributed by atoms with Gasteiger partial charge in [-0.15, -0.1) is 0 Å². The smallest absolute Gasteiger partial charge is 0.405 e. The van der Waals surface area contributed by atoms with Crippen molar-refractivity contribution in [2.45, 2.75) is 12.1 Å². The Labute approximate surface area is 81.0 Å². The standard InChI is InChI=1S/C7H14N4O3/c8-4-2-11(3-5(4)9)6(12)1-10-7(13)14/h4-5,10H,1-3,8-9H2,(H,13,14). The quantitative estimate of drug-likeness (QED) is 0.403. The van der Waals surface area contributed by atoms with Crippen molar-refractivity contribution in [2.24, 2.45) is 11.5 Å². The summed E-state index contributed by atoms with van der Waals surface area (Å²) < 4.78 is 0. The number of hydrogen-bond donors (Lipinski definition) is 4. The van der Waals surface area contributed by atoms with Crippen LogP contribution in [0.25, 0.3) is 0 Å². The molecule has 0 aliphatic carbocycles. The number of carbonyl (C=O) groups excluding carboxylic acids is 1. The maximum Gasteiger partial charge on any atom is 0.405 e. The molecule has 0 aromatic carbocycles. The minimum atomic E-state index is -1.22. The summed E-state index contributed by atoms with van der Waals surface area (Å²) in [6, 6.07) is -0.437. The zero-order valence-corrected chi connectivity index (χ0v) is 7.64. The maximum absolute atomic E-state index is 11.3. The monoisotopic (exact) mass is 202 g/mol. The van der Waals surface area contributed by atoms with Crippen LogP contribution in [0.5, 0.6) is 0 Å². The first-order valence-electron chi connectivity index (χ1n) is 4.26. The second-order valence-electron chi connectivity index (χ2n) is 3.29. The molecule has 0 radical (unpaired) electrons. The van der Waals surface area contributed by atoms with Crippen LogP contribution in [0.4, 0.5) is 4.79 Å². The first-order valence-corrected chi connectivity index (χ1v) is 4.26. The highest BCUT2D eigenvalue weighted by Crippen LogP contribution is 2.05. The maximum atomic E-state index is 11.3. The van der Waals surface area contributed by atoms with E-state index in [-0.39, 0.29) is 24.5 Å². The van der Waals surface area contributed by atoms with Crippen LogP contribution < -0.4 is 16.8 Å². The molecule has 80 valence electrons. The molecular formula is C7H14N4O3. The third-order valence-corrected chi connectivity index (χ3v) is 2.16. The Morgan fingerprint density at radius 1 is 1.36 bits per heavy atom. The number of carboxylic acid groups (broad SMARTS) is 1. The zero-order valence-electron chi connectivity index (χ0n) is 7.64. The molecule has 0 spiro atoms. The fraction of sp³-hybridized carbons (Fsp3) is 0.714. The SMILES string of the molecule is NC1CN(C(=O)CNC(=O)O)CC1N. The van der Waals surface area contributed by atoms with E-state index in [9.17, 15) is 9.59 Å². The summed E-state index contributed by atoms with van der Waals surface area (Å²) in [5.74, 6) is -0.296. The number of likely N-dealkylation sites (tertiary alicyclic amines) is 1. The Kier molecular flexibility index (Phi) is 3.26. The average molecular weight is 202 g/mol. The van der Waals surface area contributed by atoms with Crippen LogP contribution in [0.3, 0.4) is 0 Å². The second kappa shape index (κ2) is 4.25. The summed E-state index contributed by atoms with van der Waals surface area (Å²) in [5, 5.41) is 10.3. The largest absolute Gasteiger partial charge is 0.465 e. The van der Waals surface area contributed by atoms with Crippen molar-refractivity contribution in [2.75, 3.05) is 19.6 Å². The molecule has 2 atom stereocenters. The fourth-order valence-corrected chi connectivity index (χ4v) is 1.32. The molecule has 0 aromatic rings. The van der Waals surface area contributed by atoms with Crippen molar-refractivity contribution >= 4 is 12.0 Å². The third kappa shape index (κ3) is 2.57. The number of amides is 2. The van der Waals surface area contributed by atoms with Gasteiger partial charge in [0.1, 0.15) is 6.54 Å². The van der Waals surface area contributed by atoms with E-state index in [0.29, 0.717) is 13.1 Å². The Balaban J connectivity index is 2.36. The number of nitrogens with two attached hydrogens (primary N) is 2. The van der Waals surface area contributed by atoms with Gasteiger partial charge >= 0.3 is 6.09 Å². The molecule has 7 heteroatoms. The van der Waals surface area contributed by atoms with Gasteiger partial charge in [0.15, 0.2) is 0 Å². The van der Waals surface area contributed by atoms with Crippen LogP contribution in [0.15, 0.2) is 0 Å². The lowest BCUT2D eigenvalue weighted by Gasteiger charge is -2.15.